The van der Waals surface area contributed by atoms with Crippen LogP contribution in [0.1, 0.15) is 68.0 Å². The maximum Gasteiger partial charge on any atom is 0.113 e. The van der Waals surface area contributed by atoms with Gasteiger partial charge in [0.2, 0.25) is 0 Å². The van der Waals surface area contributed by atoms with Gasteiger partial charge < -0.3 is 10.1 Å². The Balaban J connectivity index is 1.87. The molecule has 0 amide bonds. The number of hydrogen-bond donors (Lipinski definition) is 1. The zero-order valence-corrected chi connectivity index (χ0v) is 14.2. The molecule has 1 aromatic heterocycles. The Kier molecular flexibility index (Phi) is 4.97. The van der Waals surface area contributed by atoms with Gasteiger partial charge in [-0.05, 0) is 51.5 Å². The highest BCUT2D eigenvalue weighted by Gasteiger charge is 2.40. The van der Waals surface area contributed by atoms with Gasteiger partial charge in [-0.3, -0.25) is 0 Å². The molecule has 0 radical (unpaired) electrons. The SMILES string of the molecule is CCCC1CC(NCC)(c2nc3c(s2)CCCC3)CCO1. The average Bonchev–Trinajstić information content (AvgIpc) is 2.93. The molecular weight excluding hydrogens is 280 g/mol. The third kappa shape index (κ3) is 3.17. The number of fused-ring (bicyclic) bond motifs is 1. The van der Waals surface area contributed by atoms with Crippen molar-refractivity contribution in [2.45, 2.75) is 76.9 Å². The summed E-state index contributed by atoms with van der Waals surface area (Å²) in [4.78, 5) is 6.61. The van der Waals surface area contributed by atoms with E-state index in [1.54, 1.807) is 4.88 Å². The fraction of sp³-hybridized carbons (Fsp3) is 0.824. The van der Waals surface area contributed by atoms with Crippen LogP contribution in [0, 0.1) is 0 Å². The molecule has 0 aromatic carbocycles. The lowest BCUT2D eigenvalue weighted by atomic mass is 9.85. The maximum absolute atomic E-state index is 5.98. The molecule has 2 atom stereocenters. The van der Waals surface area contributed by atoms with Crippen molar-refractivity contribution in [1.29, 1.82) is 0 Å². The minimum atomic E-state index is 0.0643. The second kappa shape index (κ2) is 6.76. The summed E-state index contributed by atoms with van der Waals surface area (Å²) in [6.45, 7) is 6.32. The third-order valence-electron chi connectivity index (χ3n) is 4.84. The number of nitrogens with zero attached hydrogens (tertiary/aromatic N) is 1. The van der Waals surface area contributed by atoms with Gasteiger partial charge in [0.15, 0.2) is 0 Å². The highest BCUT2D eigenvalue weighted by molar-refractivity contribution is 7.11. The zero-order valence-electron chi connectivity index (χ0n) is 13.4. The van der Waals surface area contributed by atoms with Crippen molar-refractivity contribution in [2.75, 3.05) is 13.2 Å². The Morgan fingerprint density at radius 1 is 1.33 bits per heavy atom. The highest BCUT2D eigenvalue weighted by Crippen LogP contribution is 2.40. The summed E-state index contributed by atoms with van der Waals surface area (Å²) < 4.78 is 5.98. The van der Waals surface area contributed by atoms with Gasteiger partial charge >= 0.3 is 0 Å². The lowest BCUT2D eigenvalue weighted by Crippen LogP contribution is -2.49. The number of rotatable bonds is 5. The van der Waals surface area contributed by atoms with Crippen LogP contribution >= 0.6 is 11.3 Å². The number of thiazole rings is 1. The molecule has 21 heavy (non-hydrogen) atoms. The van der Waals surface area contributed by atoms with E-state index in [-0.39, 0.29) is 5.54 Å². The number of hydrogen-bond acceptors (Lipinski definition) is 4. The molecule has 0 bridgehead atoms. The molecule has 4 heteroatoms. The Morgan fingerprint density at radius 2 is 2.19 bits per heavy atom. The van der Waals surface area contributed by atoms with E-state index < -0.39 is 0 Å². The van der Waals surface area contributed by atoms with Crippen molar-refractivity contribution in [3.63, 3.8) is 0 Å². The van der Waals surface area contributed by atoms with Gasteiger partial charge in [-0.15, -0.1) is 11.3 Å². The summed E-state index contributed by atoms with van der Waals surface area (Å²) >= 11 is 1.97. The fourth-order valence-electron chi connectivity index (χ4n) is 3.78. The molecular formula is C17H28N2OS. The fourth-order valence-corrected chi connectivity index (χ4v) is 5.14. The molecule has 1 aromatic rings. The molecule has 0 saturated carbocycles. The van der Waals surface area contributed by atoms with Crippen molar-refractivity contribution in [2.24, 2.45) is 0 Å². The zero-order chi connectivity index (χ0) is 14.7. The summed E-state index contributed by atoms with van der Waals surface area (Å²) in [7, 11) is 0. The van der Waals surface area contributed by atoms with Crippen molar-refractivity contribution >= 4 is 11.3 Å². The van der Waals surface area contributed by atoms with E-state index in [9.17, 15) is 0 Å². The molecule has 2 aliphatic rings. The summed E-state index contributed by atoms with van der Waals surface area (Å²) in [6, 6.07) is 0. The topological polar surface area (TPSA) is 34.2 Å². The molecule has 2 unspecified atom stereocenters. The van der Waals surface area contributed by atoms with Crippen LogP contribution < -0.4 is 5.32 Å². The van der Waals surface area contributed by atoms with Crippen LogP contribution in [-0.2, 0) is 23.1 Å². The van der Waals surface area contributed by atoms with Gasteiger partial charge in [0.25, 0.3) is 0 Å². The molecule has 1 saturated heterocycles. The van der Waals surface area contributed by atoms with Gasteiger partial charge in [-0.2, -0.15) is 0 Å². The van der Waals surface area contributed by atoms with Gasteiger partial charge in [-0.25, -0.2) is 4.98 Å². The summed E-state index contributed by atoms with van der Waals surface area (Å²) in [5.74, 6) is 0. The molecule has 2 heterocycles. The first-order valence-electron chi connectivity index (χ1n) is 8.63. The van der Waals surface area contributed by atoms with Crippen LogP contribution in [0.2, 0.25) is 0 Å². The van der Waals surface area contributed by atoms with E-state index in [0.717, 1.165) is 32.4 Å². The predicted octanol–water partition coefficient (Wildman–Crippen LogP) is 3.81. The van der Waals surface area contributed by atoms with Crippen molar-refractivity contribution < 1.29 is 4.74 Å². The van der Waals surface area contributed by atoms with Crippen molar-refractivity contribution in [1.82, 2.24) is 10.3 Å². The van der Waals surface area contributed by atoms with Gasteiger partial charge in [0.05, 0.1) is 17.3 Å². The molecule has 118 valence electrons. The molecule has 3 nitrogen and oxygen atoms in total. The second-order valence-corrected chi connectivity index (χ2v) is 7.53. The molecule has 0 spiro atoms. The van der Waals surface area contributed by atoms with E-state index in [1.807, 2.05) is 11.3 Å². The lowest BCUT2D eigenvalue weighted by Gasteiger charge is -2.40. The largest absolute Gasteiger partial charge is 0.378 e. The smallest absolute Gasteiger partial charge is 0.113 e. The maximum atomic E-state index is 5.98. The molecule has 1 N–H and O–H groups in total. The van der Waals surface area contributed by atoms with Gasteiger partial charge in [-0.1, -0.05) is 20.3 Å². The molecule has 1 aliphatic carbocycles. The summed E-state index contributed by atoms with van der Waals surface area (Å²) in [5.41, 5.74) is 1.45. The minimum absolute atomic E-state index is 0.0643. The number of ether oxygens (including phenoxy) is 1. The molecule has 3 rings (SSSR count). The van der Waals surface area contributed by atoms with Crippen LogP contribution in [-0.4, -0.2) is 24.2 Å². The minimum Gasteiger partial charge on any atom is -0.378 e. The normalized spacial score (nSPS) is 29.3. The number of nitrogens with one attached hydrogen (secondary N) is 1. The van der Waals surface area contributed by atoms with Crippen LogP contribution in [0.25, 0.3) is 0 Å². The third-order valence-corrected chi connectivity index (χ3v) is 6.20. The predicted molar refractivity (Wildman–Crippen MR) is 88.0 cm³/mol. The van der Waals surface area contributed by atoms with Gasteiger partial charge in [0.1, 0.15) is 5.01 Å². The van der Waals surface area contributed by atoms with E-state index in [0.29, 0.717) is 6.10 Å². The lowest BCUT2D eigenvalue weighted by molar-refractivity contribution is -0.0345. The standard InChI is InChI=1S/C17H28N2OS/c1-3-7-13-12-17(18-4-2,10-11-20-13)16-19-14-8-5-6-9-15(14)21-16/h13,18H,3-12H2,1-2H3. The Bertz CT molecular complexity index is 444. The van der Waals surface area contributed by atoms with Crippen LogP contribution in [0.5, 0.6) is 0 Å². The van der Waals surface area contributed by atoms with E-state index in [2.05, 4.69) is 19.2 Å². The summed E-state index contributed by atoms with van der Waals surface area (Å²) in [6.07, 6.45) is 9.97. The van der Waals surface area contributed by atoms with E-state index in [4.69, 9.17) is 9.72 Å². The van der Waals surface area contributed by atoms with Crippen LogP contribution in [0.4, 0.5) is 0 Å². The molecule has 1 aliphatic heterocycles. The Morgan fingerprint density at radius 3 is 2.95 bits per heavy atom. The highest BCUT2D eigenvalue weighted by atomic mass is 32.1. The van der Waals surface area contributed by atoms with E-state index >= 15 is 0 Å². The van der Waals surface area contributed by atoms with E-state index in [1.165, 1.54) is 42.8 Å². The van der Waals surface area contributed by atoms with Crippen LogP contribution in [0.15, 0.2) is 0 Å². The first-order valence-corrected chi connectivity index (χ1v) is 9.44. The number of aromatic nitrogens is 1. The first kappa shape index (κ1) is 15.4. The second-order valence-electron chi connectivity index (χ2n) is 6.44. The average molecular weight is 308 g/mol. The van der Waals surface area contributed by atoms with Crippen molar-refractivity contribution in [3.8, 4) is 0 Å². The monoisotopic (exact) mass is 308 g/mol. The number of aryl methyl sites for hydroxylation is 2. The quantitative estimate of drug-likeness (QED) is 0.898. The summed E-state index contributed by atoms with van der Waals surface area (Å²) in [5, 5.41) is 5.11. The molecule has 1 fully saturated rings. The van der Waals surface area contributed by atoms with Crippen molar-refractivity contribution in [3.05, 3.63) is 15.6 Å². The van der Waals surface area contributed by atoms with Crippen LogP contribution in [0.3, 0.4) is 0 Å². The van der Waals surface area contributed by atoms with Gasteiger partial charge in [0, 0.05) is 11.5 Å². The Hall–Kier alpha value is -0.450. The first-order chi connectivity index (χ1) is 10.3. The Labute approximate surface area is 132 Å².